The van der Waals surface area contributed by atoms with Crippen molar-refractivity contribution in [2.75, 3.05) is 0 Å². The molecule has 0 unspecified atom stereocenters. The molecule has 0 aliphatic carbocycles. The summed E-state index contributed by atoms with van der Waals surface area (Å²) in [6.07, 6.45) is 3.57. The third kappa shape index (κ3) is 9.25. The molecule has 9 heterocycles. The van der Waals surface area contributed by atoms with Gasteiger partial charge in [-0.2, -0.15) is 0 Å². The Morgan fingerprint density at radius 1 is 0.222 bits per heavy atom. The highest BCUT2D eigenvalue weighted by Crippen LogP contribution is 2.41. The second-order valence-corrected chi connectivity index (χ2v) is 22.0. The summed E-state index contributed by atoms with van der Waals surface area (Å²) < 4.78 is 10.3. The first-order valence-corrected chi connectivity index (χ1v) is 29.4. The lowest BCUT2D eigenvalue weighted by atomic mass is 9.95. The highest BCUT2D eigenvalue weighted by Gasteiger charge is 2.20. The zero-order chi connectivity index (χ0) is 59.5. The molecule has 0 bridgehead atoms. The molecule has 0 radical (unpaired) electrons. The molecule has 0 aliphatic heterocycles. The number of aromatic nitrogens is 11. The van der Waals surface area contributed by atoms with Gasteiger partial charge in [-0.25, -0.2) is 34.2 Å². The van der Waals surface area contributed by atoms with Crippen molar-refractivity contribution in [3.63, 3.8) is 0 Å². The molecule has 13 heteroatoms. The minimum Gasteiger partial charge on any atom is -0.255 e. The number of pyridine rings is 7. The lowest BCUT2D eigenvalue weighted by molar-refractivity contribution is 0.316. The Balaban J connectivity index is 0.000000139. The maximum absolute atomic E-state index is 5.20. The van der Waals surface area contributed by atoms with Crippen molar-refractivity contribution in [2.24, 2.45) is 0 Å². The first kappa shape index (κ1) is 51.8. The van der Waals surface area contributed by atoms with Gasteiger partial charge in [0.05, 0.1) is 67.6 Å². The van der Waals surface area contributed by atoms with Crippen LogP contribution in [0.1, 0.15) is 0 Å². The van der Waals surface area contributed by atoms with Crippen molar-refractivity contribution < 1.29 is 9.26 Å². The number of nitrogens with zero attached hydrogens (tertiary/aromatic N) is 11. The molecule has 0 spiro atoms. The van der Waals surface area contributed by atoms with Crippen LogP contribution in [0.3, 0.4) is 0 Å². The van der Waals surface area contributed by atoms with Crippen molar-refractivity contribution in [3.05, 3.63) is 273 Å². The fourth-order valence-electron chi connectivity index (χ4n) is 12.2. The molecular formula is C77H45N11O2. The molecular weight excluding hydrogens is 1110 g/mol. The van der Waals surface area contributed by atoms with Gasteiger partial charge in [0.25, 0.3) is 0 Å². The Morgan fingerprint density at radius 2 is 0.644 bits per heavy atom. The number of fused-ring (bicyclic) bond motifs is 13. The van der Waals surface area contributed by atoms with Gasteiger partial charge in [-0.05, 0) is 128 Å². The lowest BCUT2D eigenvalue weighted by Gasteiger charge is -2.12. The van der Waals surface area contributed by atoms with Crippen LogP contribution in [0.15, 0.2) is 283 Å². The molecule has 0 fully saturated rings. The van der Waals surface area contributed by atoms with Gasteiger partial charge in [0.1, 0.15) is 22.1 Å². The fourth-order valence-corrected chi connectivity index (χ4v) is 12.2. The van der Waals surface area contributed by atoms with Gasteiger partial charge in [0.15, 0.2) is 0 Å². The van der Waals surface area contributed by atoms with Crippen molar-refractivity contribution in [2.45, 2.75) is 0 Å². The number of hydrogen-bond acceptors (Lipinski definition) is 13. The monoisotopic (exact) mass is 1160 g/mol. The summed E-state index contributed by atoms with van der Waals surface area (Å²) in [7, 11) is 0. The van der Waals surface area contributed by atoms with Gasteiger partial charge < -0.3 is 0 Å². The minimum absolute atomic E-state index is 0.716. The Labute approximate surface area is 512 Å². The SMILES string of the molecule is c1ccc(-c2ccc3ccc4ccc(-c5ccc6c(c5)nc(-c5ccccc5)c5ccc7nonc7c56)nc4c3n2)cc1.c1ccc(-c2nc3cc(-c4ccc(-c5cc(-c6ccccn6)nc(-c6ccccn6)c5)cc4)ccc3c3c2ccc2nonc23)cc1. The average Bonchev–Trinajstić information content (AvgIpc) is 1.49. The number of benzene rings is 9. The number of rotatable bonds is 8. The van der Waals surface area contributed by atoms with Crippen molar-refractivity contribution in [1.29, 1.82) is 0 Å². The maximum Gasteiger partial charge on any atom is 0.143 e. The predicted molar refractivity (Wildman–Crippen MR) is 357 cm³/mol. The second-order valence-electron chi connectivity index (χ2n) is 22.0. The molecule has 18 aromatic rings. The van der Waals surface area contributed by atoms with E-state index in [1.807, 2.05) is 103 Å². The Hall–Kier alpha value is -12.6. The molecule has 0 atom stereocenters. The first-order valence-electron chi connectivity index (χ1n) is 29.4. The lowest BCUT2D eigenvalue weighted by Crippen LogP contribution is -1.94. The summed E-state index contributed by atoms with van der Waals surface area (Å²) in [5.41, 5.74) is 21.6. The molecule has 0 N–H and O–H groups in total. The molecule has 90 heavy (non-hydrogen) atoms. The van der Waals surface area contributed by atoms with Gasteiger partial charge in [-0.15, -0.1) is 0 Å². The van der Waals surface area contributed by atoms with Gasteiger partial charge in [0, 0.05) is 77.7 Å². The summed E-state index contributed by atoms with van der Waals surface area (Å²) in [5, 5.41) is 24.8. The van der Waals surface area contributed by atoms with Crippen molar-refractivity contribution in [1.82, 2.24) is 55.5 Å². The van der Waals surface area contributed by atoms with E-state index in [2.05, 4.69) is 188 Å². The van der Waals surface area contributed by atoms with Crippen LogP contribution in [-0.2, 0) is 0 Å². The molecule has 13 nitrogen and oxygen atoms in total. The molecule has 0 saturated carbocycles. The Bertz CT molecular complexity index is 5720. The topological polar surface area (TPSA) is 168 Å². The summed E-state index contributed by atoms with van der Waals surface area (Å²) >= 11 is 0. The smallest absolute Gasteiger partial charge is 0.143 e. The molecule has 0 aliphatic rings. The normalized spacial score (nSPS) is 11.6. The summed E-state index contributed by atoms with van der Waals surface area (Å²) in [6.45, 7) is 0. The zero-order valence-electron chi connectivity index (χ0n) is 47.7. The zero-order valence-corrected chi connectivity index (χ0v) is 47.7. The predicted octanol–water partition coefficient (Wildman–Crippen LogP) is 18.5. The first-order chi connectivity index (χ1) is 44.6. The van der Waals surface area contributed by atoms with E-state index in [-0.39, 0.29) is 0 Å². The molecule has 420 valence electrons. The quantitative estimate of drug-likeness (QED) is 0.132. The van der Waals surface area contributed by atoms with Crippen LogP contribution in [0.4, 0.5) is 0 Å². The van der Waals surface area contributed by atoms with E-state index in [9.17, 15) is 0 Å². The van der Waals surface area contributed by atoms with E-state index < -0.39 is 0 Å². The summed E-state index contributed by atoms with van der Waals surface area (Å²) in [5.74, 6) is 0. The van der Waals surface area contributed by atoms with E-state index in [0.29, 0.717) is 5.52 Å². The van der Waals surface area contributed by atoms with Gasteiger partial charge in [-0.3, -0.25) is 9.97 Å². The van der Waals surface area contributed by atoms with Crippen molar-refractivity contribution >= 4 is 87.2 Å². The van der Waals surface area contributed by atoms with E-state index >= 15 is 0 Å². The van der Waals surface area contributed by atoms with Gasteiger partial charge in [-0.1, -0.05) is 176 Å². The van der Waals surface area contributed by atoms with Crippen LogP contribution in [-0.4, -0.2) is 55.5 Å². The van der Waals surface area contributed by atoms with Crippen LogP contribution in [0.2, 0.25) is 0 Å². The Morgan fingerprint density at radius 3 is 1.14 bits per heavy atom. The van der Waals surface area contributed by atoms with E-state index in [1.165, 1.54) is 0 Å². The summed E-state index contributed by atoms with van der Waals surface area (Å²) in [4.78, 5) is 34.6. The summed E-state index contributed by atoms with van der Waals surface area (Å²) in [6, 6.07) is 88.4. The highest BCUT2D eigenvalue weighted by molar-refractivity contribution is 6.22. The van der Waals surface area contributed by atoms with Gasteiger partial charge in [0.2, 0.25) is 0 Å². The van der Waals surface area contributed by atoms with Crippen LogP contribution >= 0.6 is 0 Å². The third-order valence-electron chi connectivity index (χ3n) is 16.6. The largest absolute Gasteiger partial charge is 0.255 e. The molecule has 0 saturated heterocycles. The molecule has 9 aromatic heterocycles. The number of hydrogen-bond donors (Lipinski definition) is 0. The second kappa shape index (κ2) is 21.7. The average molecular weight is 1160 g/mol. The highest BCUT2D eigenvalue weighted by atomic mass is 16.6. The molecule has 0 amide bonds. The van der Waals surface area contributed by atoms with Crippen LogP contribution in [0, 0.1) is 0 Å². The van der Waals surface area contributed by atoms with E-state index in [4.69, 9.17) is 34.2 Å². The third-order valence-corrected chi connectivity index (χ3v) is 16.6. The Kier molecular flexibility index (Phi) is 12.5. The van der Waals surface area contributed by atoms with Crippen LogP contribution < -0.4 is 0 Å². The molecule has 9 aromatic carbocycles. The molecule has 18 rings (SSSR count). The maximum atomic E-state index is 5.20. The van der Waals surface area contributed by atoms with Crippen LogP contribution in [0.25, 0.3) is 177 Å². The fraction of sp³-hybridized carbons (Fsp3) is 0. The minimum atomic E-state index is 0.716. The standard InChI is InChI=1S/C40H24N6O.C37H21N5O/c1-2-8-27(9-3-1)39-31-18-19-34-40(46-47-45-34)38(31)30-17-16-28(22-35(30)44-39)25-12-14-26(15-13-25)29-23-36(32-10-4-6-20-41-32)43-37(24-29)33-11-5-7-21-42-33;1-3-7-22(8-4-1)29-18-14-24-11-12-25-15-19-30(39-36(25)35(24)38-29)26-13-16-27-32(21-26)40-34(23-9-5-2-6-10-23)28-17-20-31-37(33(27)28)42-43-41-31/h1-24H;1-21H. The van der Waals surface area contributed by atoms with E-state index in [1.54, 1.807) is 12.4 Å². The van der Waals surface area contributed by atoms with Crippen LogP contribution in [0.5, 0.6) is 0 Å². The van der Waals surface area contributed by atoms with Gasteiger partial charge >= 0.3 is 0 Å². The van der Waals surface area contributed by atoms with Crippen molar-refractivity contribution in [3.8, 4) is 90.1 Å². The van der Waals surface area contributed by atoms with E-state index in [0.717, 1.165) is 172 Å².